The Hall–Kier alpha value is -2.50. The molecule has 1 aromatic carbocycles. The molecule has 0 radical (unpaired) electrons. The van der Waals surface area contributed by atoms with Crippen molar-refractivity contribution in [3.8, 4) is 0 Å². The van der Waals surface area contributed by atoms with E-state index in [0.29, 0.717) is 19.3 Å². The molecule has 0 aliphatic carbocycles. The van der Waals surface area contributed by atoms with Crippen LogP contribution in [0.2, 0.25) is 0 Å². The Morgan fingerprint density at radius 3 is 2.26 bits per heavy atom. The number of para-hydroxylation sites is 1. The molecule has 1 aliphatic heterocycles. The Morgan fingerprint density at radius 1 is 1.18 bits per heavy atom. The van der Waals surface area contributed by atoms with Crippen molar-refractivity contribution in [1.29, 1.82) is 0 Å². The fourth-order valence-corrected chi connectivity index (χ4v) is 4.33. The van der Waals surface area contributed by atoms with Crippen LogP contribution in [0.3, 0.4) is 0 Å². The van der Waals surface area contributed by atoms with Crippen LogP contribution in [0.1, 0.15) is 59.4 Å². The highest BCUT2D eigenvalue weighted by molar-refractivity contribution is 7.94. The molecule has 2 amide bonds. The summed E-state index contributed by atoms with van der Waals surface area (Å²) >= 11 is 0. The molecule has 8 nitrogen and oxygen atoms in total. The minimum atomic E-state index is -6.14. The number of hydrogen-bond donors (Lipinski definition) is 0. The van der Waals surface area contributed by atoms with E-state index in [4.69, 9.17) is 9.47 Å². The smallest absolute Gasteiger partial charge is 0.448 e. The number of carbonyl (C=O) groups is 2. The van der Waals surface area contributed by atoms with E-state index in [1.165, 1.54) is 23.1 Å². The monoisotopic (exact) mass is 508 g/mol. The van der Waals surface area contributed by atoms with Gasteiger partial charge in [0.1, 0.15) is 5.60 Å². The third-order valence-corrected chi connectivity index (χ3v) is 7.00. The molecule has 0 N–H and O–H groups in total. The number of alkyl halides is 3. The van der Waals surface area contributed by atoms with Gasteiger partial charge in [0.15, 0.2) is 0 Å². The standard InChI is InChI=1S/C22H31F3N2O6S/c1-6-21(7-2)12-13-26(18(28)33-21)14-16-10-8-9-11-17(16)27(34(30,31)22(23,24)25)19(29)32-15-20(3,4)5/h8-11H,6-7,12-15H2,1-5H3. The largest absolute Gasteiger partial charge is 0.517 e. The van der Waals surface area contributed by atoms with Crippen LogP contribution in [0.4, 0.5) is 28.4 Å². The van der Waals surface area contributed by atoms with Crippen LogP contribution in [-0.4, -0.2) is 49.8 Å². The lowest BCUT2D eigenvalue weighted by molar-refractivity contribution is -0.0546. The van der Waals surface area contributed by atoms with E-state index in [9.17, 15) is 31.2 Å². The van der Waals surface area contributed by atoms with Crippen LogP contribution >= 0.6 is 0 Å². The predicted octanol–water partition coefficient (Wildman–Crippen LogP) is 5.43. The minimum absolute atomic E-state index is 0.0143. The van der Waals surface area contributed by atoms with E-state index in [0.717, 1.165) is 6.07 Å². The molecule has 0 aromatic heterocycles. The molecule has 192 valence electrons. The van der Waals surface area contributed by atoms with E-state index in [-0.39, 0.29) is 29.6 Å². The molecule has 1 fully saturated rings. The van der Waals surface area contributed by atoms with Crippen molar-refractivity contribution in [3.05, 3.63) is 29.8 Å². The maximum absolute atomic E-state index is 13.5. The van der Waals surface area contributed by atoms with Crippen molar-refractivity contribution in [3.63, 3.8) is 0 Å². The van der Waals surface area contributed by atoms with Crippen molar-refractivity contribution < 1.29 is 40.7 Å². The molecule has 12 heteroatoms. The van der Waals surface area contributed by atoms with Crippen LogP contribution in [0.5, 0.6) is 0 Å². The number of ether oxygens (including phenoxy) is 2. The highest BCUT2D eigenvalue weighted by Gasteiger charge is 2.54. The number of cyclic esters (lactones) is 1. The molecule has 1 heterocycles. The Morgan fingerprint density at radius 2 is 1.76 bits per heavy atom. The van der Waals surface area contributed by atoms with Gasteiger partial charge in [-0.15, -0.1) is 0 Å². The fraction of sp³-hybridized carbons (Fsp3) is 0.636. The van der Waals surface area contributed by atoms with E-state index in [1.54, 1.807) is 20.8 Å². The third-order valence-electron chi connectivity index (χ3n) is 5.59. The van der Waals surface area contributed by atoms with Crippen LogP contribution in [0.15, 0.2) is 24.3 Å². The van der Waals surface area contributed by atoms with E-state index < -0.39 is 44.4 Å². The number of nitrogens with zero attached hydrogens (tertiary/aromatic N) is 2. The number of anilines is 1. The predicted molar refractivity (Wildman–Crippen MR) is 120 cm³/mol. The van der Waals surface area contributed by atoms with Gasteiger partial charge >= 0.3 is 27.7 Å². The molecule has 0 saturated carbocycles. The van der Waals surface area contributed by atoms with Gasteiger partial charge in [-0.05, 0) is 29.9 Å². The average molecular weight is 509 g/mol. The molecule has 1 aliphatic rings. The number of rotatable bonds is 7. The topological polar surface area (TPSA) is 93.2 Å². The Bertz CT molecular complexity index is 1000. The summed E-state index contributed by atoms with van der Waals surface area (Å²) in [6, 6.07) is 5.17. The Kier molecular flexibility index (Phi) is 8.17. The zero-order chi connectivity index (χ0) is 25.9. The second kappa shape index (κ2) is 10.0. The summed E-state index contributed by atoms with van der Waals surface area (Å²) in [6.07, 6.45) is -0.623. The number of amides is 2. The first-order valence-electron chi connectivity index (χ1n) is 10.9. The molecular weight excluding hydrogens is 477 g/mol. The van der Waals surface area contributed by atoms with E-state index >= 15 is 0 Å². The lowest BCUT2D eigenvalue weighted by Gasteiger charge is -2.40. The fourth-order valence-electron chi connectivity index (χ4n) is 3.44. The molecule has 0 bridgehead atoms. The summed E-state index contributed by atoms with van der Waals surface area (Å²) in [5.74, 6) is 0. The number of sulfonamides is 1. The molecule has 1 aromatic rings. The minimum Gasteiger partial charge on any atom is -0.448 e. The second-order valence-electron chi connectivity index (χ2n) is 9.39. The van der Waals surface area contributed by atoms with Gasteiger partial charge in [-0.25, -0.2) is 9.59 Å². The van der Waals surface area contributed by atoms with Crippen LogP contribution < -0.4 is 4.31 Å². The summed E-state index contributed by atoms with van der Waals surface area (Å²) in [7, 11) is -6.14. The summed E-state index contributed by atoms with van der Waals surface area (Å²) in [5.41, 5.74) is -7.52. The van der Waals surface area contributed by atoms with E-state index in [1.807, 2.05) is 13.8 Å². The van der Waals surface area contributed by atoms with Crippen molar-refractivity contribution in [2.24, 2.45) is 5.41 Å². The van der Waals surface area contributed by atoms with Gasteiger partial charge in [0, 0.05) is 13.0 Å². The summed E-state index contributed by atoms with van der Waals surface area (Å²) < 4.78 is 75.4. The summed E-state index contributed by atoms with van der Waals surface area (Å²) in [5, 5.41) is 0. The van der Waals surface area contributed by atoms with Gasteiger partial charge in [-0.3, -0.25) is 0 Å². The molecule has 34 heavy (non-hydrogen) atoms. The van der Waals surface area contributed by atoms with Crippen molar-refractivity contribution in [1.82, 2.24) is 4.90 Å². The van der Waals surface area contributed by atoms with Gasteiger partial charge in [-0.2, -0.15) is 25.9 Å². The molecule has 2 rings (SSSR count). The Balaban J connectivity index is 2.44. The highest BCUT2D eigenvalue weighted by atomic mass is 32.2. The number of hydrogen-bond acceptors (Lipinski definition) is 6. The van der Waals surface area contributed by atoms with E-state index in [2.05, 4.69) is 0 Å². The lowest BCUT2D eigenvalue weighted by atomic mass is 9.91. The van der Waals surface area contributed by atoms with Crippen LogP contribution in [0, 0.1) is 5.41 Å². The first-order valence-corrected chi connectivity index (χ1v) is 12.3. The molecule has 0 unspecified atom stereocenters. The van der Waals surface area contributed by atoms with Crippen molar-refractivity contribution in [2.75, 3.05) is 17.5 Å². The lowest BCUT2D eigenvalue weighted by Crippen LogP contribution is -2.49. The van der Waals surface area contributed by atoms with Crippen molar-refractivity contribution >= 4 is 27.9 Å². The first-order chi connectivity index (χ1) is 15.6. The van der Waals surface area contributed by atoms with Crippen LogP contribution in [-0.2, 0) is 26.0 Å². The molecular formula is C22H31F3N2O6S. The maximum atomic E-state index is 13.5. The zero-order valence-electron chi connectivity index (χ0n) is 19.9. The first kappa shape index (κ1) is 27.7. The molecule has 0 atom stereocenters. The second-order valence-corrected chi connectivity index (χ2v) is 11.2. The van der Waals surface area contributed by atoms with Gasteiger partial charge in [0.05, 0.1) is 18.8 Å². The average Bonchev–Trinajstić information content (AvgIpc) is 2.73. The Labute approximate surface area is 198 Å². The quantitative estimate of drug-likeness (QED) is 0.488. The maximum Gasteiger partial charge on any atom is 0.517 e. The van der Waals surface area contributed by atoms with Gasteiger partial charge in [0.2, 0.25) is 0 Å². The number of benzene rings is 1. The molecule has 0 spiro atoms. The van der Waals surface area contributed by atoms with Gasteiger partial charge in [0.25, 0.3) is 0 Å². The number of carbonyl (C=O) groups excluding carboxylic acids is 2. The summed E-state index contributed by atoms with van der Waals surface area (Å²) in [4.78, 5) is 26.6. The summed E-state index contributed by atoms with van der Waals surface area (Å²) in [6.45, 7) is 8.49. The normalized spacial score (nSPS) is 16.7. The van der Waals surface area contributed by atoms with Crippen molar-refractivity contribution in [2.45, 2.75) is 71.5 Å². The van der Waals surface area contributed by atoms with Crippen LogP contribution in [0.25, 0.3) is 0 Å². The van der Waals surface area contributed by atoms with Gasteiger partial charge in [-0.1, -0.05) is 52.8 Å². The SMILES string of the molecule is CCC1(CC)CCN(Cc2ccccc2N(C(=O)OCC(C)(C)C)S(=O)(=O)C(F)(F)F)C(=O)O1. The zero-order valence-corrected chi connectivity index (χ0v) is 20.8. The number of halogens is 3. The molecule has 1 saturated heterocycles. The third kappa shape index (κ3) is 6.13. The van der Waals surface area contributed by atoms with Gasteiger partial charge < -0.3 is 14.4 Å². The highest BCUT2D eigenvalue weighted by Crippen LogP contribution is 2.36.